The standard InChI is InChI=1S/C15H19ClN4O3.ClH/c1-10(18-13(21)9-17-7-8-22-2)14-19-15(23-20-14)11-3-5-12(16)6-4-11;/h3-6,10,17H,7-9H2,1-2H3,(H,18,21);1H. The van der Waals surface area contributed by atoms with Gasteiger partial charge in [-0.15, -0.1) is 12.4 Å². The molecule has 0 radical (unpaired) electrons. The average molecular weight is 375 g/mol. The molecule has 24 heavy (non-hydrogen) atoms. The smallest absolute Gasteiger partial charge is 0.257 e. The maximum absolute atomic E-state index is 11.8. The van der Waals surface area contributed by atoms with Crippen LogP contribution in [0.3, 0.4) is 0 Å². The van der Waals surface area contributed by atoms with Crippen molar-refractivity contribution in [2.24, 2.45) is 0 Å². The van der Waals surface area contributed by atoms with E-state index in [1.807, 2.05) is 0 Å². The molecule has 0 fully saturated rings. The molecular weight excluding hydrogens is 355 g/mol. The summed E-state index contributed by atoms with van der Waals surface area (Å²) in [7, 11) is 1.61. The highest BCUT2D eigenvalue weighted by molar-refractivity contribution is 6.30. The zero-order valence-corrected chi connectivity index (χ0v) is 15.0. The largest absolute Gasteiger partial charge is 0.383 e. The van der Waals surface area contributed by atoms with E-state index in [1.165, 1.54) is 0 Å². The molecule has 1 atom stereocenters. The van der Waals surface area contributed by atoms with Crippen LogP contribution in [0.15, 0.2) is 28.8 Å². The SMILES string of the molecule is COCCNCC(=O)NC(C)c1noc(-c2ccc(Cl)cc2)n1.Cl. The van der Waals surface area contributed by atoms with E-state index in [0.29, 0.717) is 29.9 Å². The fourth-order valence-corrected chi connectivity index (χ4v) is 1.98. The predicted molar refractivity (Wildman–Crippen MR) is 93.3 cm³/mol. The van der Waals surface area contributed by atoms with Gasteiger partial charge in [0, 0.05) is 24.2 Å². The fraction of sp³-hybridized carbons (Fsp3) is 0.400. The van der Waals surface area contributed by atoms with Crippen molar-refractivity contribution in [3.63, 3.8) is 0 Å². The third-order valence-corrected chi connectivity index (χ3v) is 3.32. The molecule has 1 heterocycles. The number of ether oxygens (including phenoxy) is 1. The zero-order chi connectivity index (χ0) is 16.7. The van der Waals surface area contributed by atoms with Crippen molar-refractivity contribution in [2.45, 2.75) is 13.0 Å². The molecule has 0 spiro atoms. The average Bonchev–Trinajstić information content (AvgIpc) is 3.02. The number of nitrogens with one attached hydrogen (secondary N) is 2. The van der Waals surface area contributed by atoms with Crippen molar-refractivity contribution in [3.8, 4) is 11.5 Å². The topological polar surface area (TPSA) is 89.3 Å². The Labute approximate surface area is 151 Å². The molecule has 0 aliphatic heterocycles. The van der Waals surface area contributed by atoms with Gasteiger partial charge in [-0.05, 0) is 31.2 Å². The van der Waals surface area contributed by atoms with Crippen molar-refractivity contribution in [1.82, 2.24) is 20.8 Å². The van der Waals surface area contributed by atoms with Gasteiger partial charge in [-0.25, -0.2) is 0 Å². The van der Waals surface area contributed by atoms with E-state index in [-0.39, 0.29) is 30.9 Å². The van der Waals surface area contributed by atoms with Crippen LogP contribution in [0.4, 0.5) is 0 Å². The van der Waals surface area contributed by atoms with E-state index >= 15 is 0 Å². The zero-order valence-electron chi connectivity index (χ0n) is 13.4. The summed E-state index contributed by atoms with van der Waals surface area (Å²) in [5.41, 5.74) is 0.771. The Hall–Kier alpha value is -1.67. The Balaban J connectivity index is 0.00000288. The van der Waals surface area contributed by atoms with Crippen LogP contribution in [-0.2, 0) is 9.53 Å². The van der Waals surface area contributed by atoms with E-state index in [2.05, 4.69) is 20.8 Å². The molecule has 1 aromatic carbocycles. The summed E-state index contributed by atoms with van der Waals surface area (Å²) in [5, 5.41) is 10.3. The number of aromatic nitrogens is 2. The number of carbonyl (C=O) groups is 1. The minimum absolute atomic E-state index is 0. The molecule has 1 amide bonds. The molecule has 2 rings (SSSR count). The van der Waals surface area contributed by atoms with Crippen molar-refractivity contribution in [1.29, 1.82) is 0 Å². The monoisotopic (exact) mass is 374 g/mol. The lowest BCUT2D eigenvalue weighted by molar-refractivity contribution is -0.120. The first kappa shape index (κ1) is 20.4. The third kappa shape index (κ3) is 6.09. The van der Waals surface area contributed by atoms with Gasteiger partial charge in [0.15, 0.2) is 5.82 Å². The lowest BCUT2D eigenvalue weighted by Gasteiger charge is -2.10. The van der Waals surface area contributed by atoms with E-state index in [0.717, 1.165) is 5.56 Å². The molecule has 0 bridgehead atoms. The second kappa shape index (κ2) is 10.2. The van der Waals surface area contributed by atoms with Crippen LogP contribution >= 0.6 is 24.0 Å². The van der Waals surface area contributed by atoms with Gasteiger partial charge in [0.1, 0.15) is 0 Å². The number of methoxy groups -OCH3 is 1. The fourth-order valence-electron chi connectivity index (χ4n) is 1.85. The third-order valence-electron chi connectivity index (χ3n) is 3.07. The maximum atomic E-state index is 11.8. The number of hydrogen-bond acceptors (Lipinski definition) is 6. The summed E-state index contributed by atoms with van der Waals surface area (Å²) >= 11 is 5.85. The summed E-state index contributed by atoms with van der Waals surface area (Å²) < 4.78 is 10.1. The van der Waals surface area contributed by atoms with Gasteiger partial charge in [-0.2, -0.15) is 4.98 Å². The molecular formula is C15H20Cl2N4O3. The molecule has 1 unspecified atom stereocenters. The van der Waals surface area contributed by atoms with E-state index < -0.39 is 0 Å². The molecule has 2 aromatic rings. The lowest BCUT2D eigenvalue weighted by Crippen LogP contribution is -2.36. The number of hydrogen-bond donors (Lipinski definition) is 2. The van der Waals surface area contributed by atoms with Gasteiger partial charge in [-0.3, -0.25) is 4.79 Å². The minimum Gasteiger partial charge on any atom is -0.383 e. The van der Waals surface area contributed by atoms with Crippen molar-refractivity contribution in [2.75, 3.05) is 26.8 Å². The van der Waals surface area contributed by atoms with E-state index in [4.69, 9.17) is 20.9 Å². The summed E-state index contributed by atoms with van der Waals surface area (Å²) in [4.78, 5) is 16.1. The van der Waals surface area contributed by atoms with Crippen LogP contribution in [-0.4, -0.2) is 42.9 Å². The Morgan fingerprint density at radius 1 is 1.38 bits per heavy atom. The van der Waals surface area contributed by atoms with Gasteiger partial charge < -0.3 is 19.9 Å². The number of carbonyl (C=O) groups excluding carboxylic acids is 1. The van der Waals surface area contributed by atoms with Crippen LogP contribution in [0.2, 0.25) is 5.02 Å². The Morgan fingerprint density at radius 3 is 2.75 bits per heavy atom. The first-order valence-electron chi connectivity index (χ1n) is 7.18. The summed E-state index contributed by atoms with van der Waals surface area (Å²) in [6.45, 7) is 3.17. The van der Waals surface area contributed by atoms with Crippen LogP contribution in [0.25, 0.3) is 11.5 Å². The number of halogens is 2. The highest BCUT2D eigenvalue weighted by atomic mass is 35.5. The Bertz CT molecular complexity index is 634. The maximum Gasteiger partial charge on any atom is 0.257 e. The highest BCUT2D eigenvalue weighted by Crippen LogP contribution is 2.21. The van der Waals surface area contributed by atoms with Crippen LogP contribution in [0, 0.1) is 0 Å². The predicted octanol–water partition coefficient (Wildman–Crippen LogP) is 2.23. The molecule has 0 saturated carbocycles. The van der Waals surface area contributed by atoms with Crippen LogP contribution in [0.1, 0.15) is 18.8 Å². The van der Waals surface area contributed by atoms with Gasteiger partial charge >= 0.3 is 0 Å². The van der Waals surface area contributed by atoms with E-state index in [1.54, 1.807) is 38.3 Å². The second-order valence-electron chi connectivity index (χ2n) is 4.92. The normalized spacial score (nSPS) is 11.6. The summed E-state index contributed by atoms with van der Waals surface area (Å²) in [6.07, 6.45) is 0. The minimum atomic E-state index is -0.350. The molecule has 9 heteroatoms. The number of rotatable bonds is 8. The highest BCUT2D eigenvalue weighted by Gasteiger charge is 2.16. The molecule has 1 aromatic heterocycles. The Morgan fingerprint density at radius 2 is 2.08 bits per heavy atom. The molecule has 0 saturated heterocycles. The number of amides is 1. The first-order chi connectivity index (χ1) is 11.1. The number of nitrogens with zero attached hydrogens (tertiary/aromatic N) is 2. The summed E-state index contributed by atoms with van der Waals surface area (Å²) in [6, 6.07) is 6.73. The molecule has 0 aliphatic carbocycles. The van der Waals surface area contributed by atoms with Crippen LogP contribution in [0.5, 0.6) is 0 Å². The number of benzene rings is 1. The van der Waals surface area contributed by atoms with E-state index in [9.17, 15) is 4.79 Å². The Kier molecular flexibility index (Phi) is 8.70. The van der Waals surface area contributed by atoms with Crippen molar-refractivity contribution < 1.29 is 14.1 Å². The van der Waals surface area contributed by atoms with Gasteiger partial charge in [-0.1, -0.05) is 16.8 Å². The van der Waals surface area contributed by atoms with Crippen LogP contribution < -0.4 is 10.6 Å². The molecule has 2 N–H and O–H groups in total. The quantitative estimate of drug-likeness (QED) is 0.688. The molecule has 7 nitrogen and oxygen atoms in total. The molecule has 132 valence electrons. The van der Waals surface area contributed by atoms with Crippen molar-refractivity contribution >= 4 is 29.9 Å². The van der Waals surface area contributed by atoms with Gasteiger partial charge in [0.2, 0.25) is 5.91 Å². The summed E-state index contributed by atoms with van der Waals surface area (Å²) in [5.74, 6) is 0.655. The van der Waals surface area contributed by atoms with Crippen molar-refractivity contribution in [3.05, 3.63) is 35.1 Å². The van der Waals surface area contributed by atoms with Gasteiger partial charge in [0.05, 0.1) is 19.2 Å². The first-order valence-corrected chi connectivity index (χ1v) is 7.56. The lowest BCUT2D eigenvalue weighted by atomic mass is 10.2. The molecule has 0 aliphatic rings. The second-order valence-corrected chi connectivity index (χ2v) is 5.36. The van der Waals surface area contributed by atoms with Gasteiger partial charge in [0.25, 0.3) is 5.89 Å².